The highest BCUT2D eigenvalue weighted by molar-refractivity contribution is 5.16. The van der Waals surface area contributed by atoms with Gasteiger partial charge in [-0.25, -0.2) is 13.5 Å². The van der Waals surface area contributed by atoms with Gasteiger partial charge in [-0.3, -0.25) is 0 Å². The van der Waals surface area contributed by atoms with Crippen molar-refractivity contribution < 1.29 is 22.0 Å². The maximum atomic E-state index is 12.6. The maximum Gasteiger partial charge on any atom is 0.410 e. The molecule has 17 heavy (non-hydrogen) atoms. The number of alkyl halides is 5. The number of nitrogens with zero attached hydrogens (tertiary/aromatic N) is 4. The summed E-state index contributed by atoms with van der Waals surface area (Å²) in [4.78, 5) is 0. The predicted molar refractivity (Wildman–Crippen MR) is 45.1 cm³/mol. The zero-order valence-electron chi connectivity index (χ0n) is 8.54. The summed E-state index contributed by atoms with van der Waals surface area (Å²) in [6.07, 6.45) is -8.39. The minimum atomic E-state index is -4.71. The first-order valence-electron chi connectivity index (χ1n) is 4.44. The SMILES string of the molecule is CC(n1nnc(CC#N)c1C(F)F)C(F)(F)F. The Labute approximate surface area is 92.6 Å². The van der Waals surface area contributed by atoms with Crippen molar-refractivity contribution in [3.05, 3.63) is 11.4 Å². The van der Waals surface area contributed by atoms with Crippen LogP contribution in [0.3, 0.4) is 0 Å². The third kappa shape index (κ3) is 2.69. The molecule has 0 radical (unpaired) electrons. The second-order valence-electron chi connectivity index (χ2n) is 3.22. The van der Waals surface area contributed by atoms with Crippen LogP contribution in [-0.2, 0) is 6.42 Å². The minimum Gasteiger partial charge on any atom is -0.231 e. The molecular formula is C8H7F5N4. The Morgan fingerprint density at radius 1 is 1.41 bits per heavy atom. The van der Waals surface area contributed by atoms with Crippen LogP contribution in [0.25, 0.3) is 0 Å². The van der Waals surface area contributed by atoms with Gasteiger partial charge in [0.25, 0.3) is 6.43 Å². The van der Waals surface area contributed by atoms with Crippen molar-refractivity contribution in [2.45, 2.75) is 32.0 Å². The molecule has 0 aromatic carbocycles. The number of halogens is 5. The summed E-state index contributed by atoms with van der Waals surface area (Å²) in [5, 5.41) is 14.5. The van der Waals surface area contributed by atoms with Gasteiger partial charge >= 0.3 is 6.18 Å². The highest BCUT2D eigenvalue weighted by atomic mass is 19.4. The molecular weight excluding hydrogens is 247 g/mol. The molecule has 0 bridgehead atoms. The van der Waals surface area contributed by atoms with E-state index in [0.717, 1.165) is 0 Å². The number of aromatic nitrogens is 3. The molecule has 0 aliphatic rings. The molecule has 9 heteroatoms. The van der Waals surface area contributed by atoms with E-state index in [0.29, 0.717) is 6.92 Å². The van der Waals surface area contributed by atoms with Crippen molar-refractivity contribution in [2.75, 3.05) is 0 Å². The monoisotopic (exact) mass is 254 g/mol. The van der Waals surface area contributed by atoms with Crippen LogP contribution in [0.15, 0.2) is 0 Å². The van der Waals surface area contributed by atoms with E-state index in [1.807, 2.05) is 0 Å². The molecule has 0 amide bonds. The smallest absolute Gasteiger partial charge is 0.231 e. The molecule has 1 unspecified atom stereocenters. The van der Waals surface area contributed by atoms with Crippen LogP contribution in [0, 0.1) is 11.3 Å². The Bertz CT molecular complexity index is 430. The van der Waals surface area contributed by atoms with Gasteiger partial charge in [-0.2, -0.15) is 18.4 Å². The number of rotatable bonds is 3. The average molecular weight is 254 g/mol. The zero-order valence-corrected chi connectivity index (χ0v) is 8.54. The second-order valence-corrected chi connectivity index (χ2v) is 3.22. The topological polar surface area (TPSA) is 54.5 Å². The standard InChI is InChI=1S/C8H7F5N4/c1-4(8(11,12)13)17-6(7(9)10)5(2-3-14)15-16-17/h4,7H,2H2,1H3. The van der Waals surface area contributed by atoms with E-state index >= 15 is 0 Å². The van der Waals surface area contributed by atoms with E-state index in [9.17, 15) is 22.0 Å². The second kappa shape index (κ2) is 4.65. The molecule has 0 fully saturated rings. The van der Waals surface area contributed by atoms with E-state index in [1.54, 1.807) is 0 Å². The Kier molecular flexibility index (Phi) is 3.65. The Morgan fingerprint density at radius 2 is 2.00 bits per heavy atom. The largest absolute Gasteiger partial charge is 0.410 e. The van der Waals surface area contributed by atoms with Crippen LogP contribution in [0.1, 0.15) is 30.8 Å². The molecule has 1 heterocycles. The van der Waals surface area contributed by atoms with Gasteiger partial charge in [0.1, 0.15) is 17.4 Å². The first-order valence-corrected chi connectivity index (χ1v) is 4.44. The van der Waals surface area contributed by atoms with Crippen LogP contribution in [0.5, 0.6) is 0 Å². The van der Waals surface area contributed by atoms with Gasteiger partial charge in [0.2, 0.25) is 0 Å². The van der Waals surface area contributed by atoms with E-state index < -0.39 is 36.5 Å². The molecule has 0 aliphatic heterocycles. The molecule has 0 saturated carbocycles. The van der Waals surface area contributed by atoms with Crippen molar-refractivity contribution in [3.63, 3.8) is 0 Å². The fourth-order valence-corrected chi connectivity index (χ4v) is 1.19. The zero-order chi connectivity index (χ0) is 13.2. The minimum absolute atomic E-state index is 0.108. The molecule has 94 valence electrons. The third-order valence-corrected chi connectivity index (χ3v) is 2.10. The van der Waals surface area contributed by atoms with Gasteiger partial charge in [0.15, 0.2) is 0 Å². The molecule has 0 saturated heterocycles. The Hall–Kier alpha value is -1.72. The van der Waals surface area contributed by atoms with Crippen LogP contribution in [0.2, 0.25) is 0 Å². The molecule has 1 aromatic heterocycles. The van der Waals surface area contributed by atoms with Gasteiger partial charge in [-0.1, -0.05) is 5.21 Å². The highest BCUT2D eigenvalue weighted by Gasteiger charge is 2.41. The van der Waals surface area contributed by atoms with E-state index in [2.05, 4.69) is 10.3 Å². The number of nitriles is 1. The van der Waals surface area contributed by atoms with Gasteiger partial charge in [0, 0.05) is 0 Å². The van der Waals surface area contributed by atoms with E-state index in [1.165, 1.54) is 6.07 Å². The molecule has 1 aromatic rings. The van der Waals surface area contributed by atoms with Gasteiger partial charge in [-0.15, -0.1) is 5.10 Å². The number of hydrogen-bond donors (Lipinski definition) is 0. The van der Waals surface area contributed by atoms with Crippen LogP contribution >= 0.6 is 0 Å². The maximum absolute atomic E-state index is 12.6. The molecule has 0 spiro atoms. The van der Waals surface area contributed by atoms with Gasteiger partial charge in [-0.05, 0) is 6.92 Å². The third-order valence-electron chi connectivity index (χ3n) is 2.10. The van der Waals surface area contributed by atoms with Gasteiger partial charge in [0.05, 0.1) is 12.5 Å². The average Bonchev–Trinajstić information content (AvgIpc) is 2.59. The van der Waals surface area contributed by atoms with E-state index in [-0.39, 0.29) is 4.68 Å². The van der Waals surface area contributed by atoms with Crippen LogP contribution in [-0.4, -0.2) is 21.2 Å². The van der Waals surface area contributed by atoms with E-state index in [4.69, 9.17) is 5.26 Å². The first kappa shape index (κ1) is 13.3. The van der Waals surface area contributed by atoms with Gasteiger partial charge < -0.3 is 0 Å². The highest BCUT2D eigenvalue weighted by Crippen LogP contribution is 2.33. The summed E-state index contributed by atoms with van der Waals surface area (Å²) in [6.45, 7) is 0.691. The lowest BCUT2D eigenvalue weighted by Crippen LogP contribution is -2.26. The lowest BCUT2D eigenvalue weighted by atomic mass is 10.2. The molecule has 4 nitrogen and oxygen atoms in total. The van der Waals surface area contributed by atoms with Crippen LogP contribution < -0.4 is 0 Å². The Morgan fingerprint density at radius 3 is 2.41 bits per heavy atom. The summed E-state index contributed by atoms with van der Waals surface area (Å²) >= 11 is 0. The molecule has 0 N–H and O–H groups in total. The van der Waals surface area contributed by atoms with Crippen molar-refractivity contribution in [1.29, 1.82) is 5.26 Å². The van der Waals surface area contributed by atoms with Crippen LogP contribution in [0.4, 0.5) is 22.0 Å². The number of hydrogen-bond acceptors (Lipinski definition) is 3. The summed E-state index contributed by atoms with van der Waals surface area (Å²) < 4.78 is 62.5. The fourth-order valence-electron chi connectivity index (χ4n) is 1.19. The van der Waals surface area contributed by atoms with Crippen molar-refractivity contribution in [3.8, 4) is 6.07 Å². The lowest BCUT2D eigenvalue weighted by molar-refractivity contribution is -0.166. The lowest BCUT2D eigenvalue weighted by Gasteiger charge is -2.17. The summed E-state index contributed by atoms with van der Waals surface area (Å²) in [7, 11) is 0. The summed E-state index contributed by atoms with van der Waals surface area (Å²) in [6, 6.07) is -0.676. The summed E-state index contributed by atoms with van der Waals surface area (Å²) in [5.74, 6) is 0. The van der Waals surface area contributed by atoms with Crippen molar-refractivity contribution in [2.24, 2.45) is 0 Å². The molecule has 0 aliphatic carbocycles. The quantitative estimate of drug-likeness (QED) is 0.778. The summed E-state index contributed by atoms with van der Waals surface area (Å²) in [5.41, 5.74) is -1.39. The van der Waals surface area contributed by atoms with Crippen molar-refractivity contribution in [1.82, 2.24) is 15.0 Å². The first-order chi connectivity index (χ1) is 7.79. The predicted octanol–water partition coefficient (Wildman–Crippen LogP) is 2.41. The molecule has 1 atom stereocenters. The fraction of sp³-hybridized carbons (Fsp3) is 0.625. The molecule has 1 rings (SSSR count). The van der Waals surface area contributed by atoms with Crippen molar-refractivity contribution >= 4 is 0 Å². The Balaban J connectivity index is 3.22. The normalized spacial score (nSPS) is 13.8.